The van der Waals surface area contributed by atoms with Crippen LogP contribution in [-0.4, -0.2) is 26.2 Å². The normalized spacial score (nSPS) is 14.2. The second-order valence-electron chi connectivity index (χ2n) is 6.39. The molecule has 0 saturated heterocycles. The number of rotatable bonds is 7. The molecule has 1 N–H and O–H groups in total. The van der Waals surface area contributed by atoms with E-state index >= 15 is 0 Å². The second kappa shape index (κ2) is 8.38. The minimum atomic E-state index is -3.27. The maximum absolute atomic E-state index is 14.0. The topological polar surface area (TPSA) is 54.5 Å². The Morgan fingerprint density at radius 3 is 2.26 bits per heavy atom. The van der Waals surface area contributed by atoms with Gasteiger partial charge in [-0.3, -0.25) is 9.55 Å². The fourth-order valence-corrected chi connectivity index (χ4v) is 5.06. The number of hydrogen-bond acceptors (Lipinski definition) is 5. The predicted octanol–water partition coefficient (Wildman–Crippen LogP) is 4.51. The molecule has 0 amide bonds. The molecule has 0 spiro atoms. The highest BCUT2D eigenvalue weighted by Gasteiger charge is 2.37. The Bertz CT molecular complexity index is 900. The molecule has 2 unspecified atom stereocenters. The number of hydrogen-bond donors (Lipinski definition) is 1. The molecule has 2 aromatic carbocycles. The van der Waals surface area contributed by atoms with Gasteiger partial charge in [0.1, 0.15) is 5.78 Å². The Balaban J connectivity index is 2.05. The summed E-state index contributed by atoms with van der Waals surface area (Å²) in [5.41, 5.74) is 2.71. The smallest absolute Gasteiger partial charge is 0.257 e. The Kier molecular flexibility index (Phi) is 5.94. The van der Waals surface area contributed by atoms with Crippen LogP contribution >= 0.6 is 7.37 Å². The lowest BCUT2D eigenvalue weighted by molar-refractivity contribution is 0.396. The highest BCUT2D eigenvalue weighted by Crippen LogP contribution is 2.58. The van der Waals surface area contributed by atoms with Crippen molar-refractivity contribution in [2.45, 2.75) is 5.78 Å². The van der Waals surface area contributed by atoms with Crippen LogP contribution in [0.3, 0.4) is 0 Å². The Labute approximate surface area is 160 Å². The predicted molar refractivity (Wildman–Crippen MR) is 112 cm³/mol. The van der Waals surface area contributed by atoms with Gasteiger partial charge in [0.2, 0.25) is 0 Å². The number of nitrogens with zero attached hydrogens (tertiary/aromatic N) is 2. The first-order valence-electron chi connectivity index (χ1n) is 8.69. The molecule has 0 aliphatic rings. The minimum Gasteiger partial charge on any atom is -0.378 e. The zero-order chi connectivity index (χ0) is 19.3. The number of pyridine rings is 1. The van der Waals surface area contributed by atoms with Crippen molar-refractivity contribution in [3.05, 3.63) is 84.7 Å². The van der Waals surface area contributed by atoms with Crippen LogP contribution in [0.2, 0.25) is 0 Å². The zero-order valence-electron chi connectivity index (χ0n) is 15.7. The molecule has 0 radical (unpaired) electrons. The van der Waals surface area contributed by atoms with E-state index in [2.05, 4.69) is 10.3 Å². The molecule has 3 rings (SSSR count). The molecular formula is C21H24N3O2P. The monoisotopic (exact) mass is 381 g/mol. The average Bonchev–Trinajstić information content (AvgIpc) is 2.73. The summed E-state index contributed by atoms with van der Waals surface area (Å²) in [5, 5.41) is 4.04. The van der Waals surface area contributed by atoms with Crippen molar-refractivity contribution < 1.29 is 9.09 Å². The summed E-state index contributed by atoms with van der Waals surface area (Å²) < 4.78 is 19.7. The number of benzene rings is 2. The third-order valence-electron chi connectivity index (χ3n) is 4.41. The van der Waals surface area contributed by atoms with Gasteiger partial charge in [0.15, 0.2) is 0 Å². The van der Waals surface area contributed by atoms with E-state index in [9.17, 15) is 4.57 Å². The van der Waals surface area contributed by atoms with Crippen molar-refractivity contribution in [1.82, 2.24) is 4.98 Å². The van der Waals surface area contributed by atoms with Crippen LogP contribution in [0.15, 0.2) is 79.1 Å². The quantitative estimate of drug-likeness (QED) is 0.611. The van der Waals surface area contributed by atoms with E-state index in [1.54, 1.807) is 12.4 Å². The second-order valence-corrected chi connectivity index (χ2v) is 8.98. The van der Waals surface area contributed by atoms with Crippen LogP contribution in [0.1, 0.15) is 11.3 Å². The first-order chi connectivity index (χ1) is 13.0. The van der Waals surface area contributed by atoms with Gasteiger partial charge in [-0.2, -0.15) is 0 Å². The van der Waals surface area contributed by atoms with E-state index in [0.29, 0.717) is 5.30 Å². The van der Waals surface area contributed by atoms with Gasteiger partial charge in [0.25, 0.3) is 7.37 Å². The summed E-state index contributed by atoms with van der Waals surface area (Å²) in [6.45, 7) is 0. The average molecular weight is 381 g/mol. The maximum atomic E-state index is 14.0. The van der Waals surface area contributed by atoms with Crippen molar-refractivity contribution in [2.24, 2.45) is 0 Å². The summed E-state index contributed by atoms with van der Waals surface area (Å²) >= 11 is 0. The van der Waals surface area contributed by atoms with Crippen molar-refractivity contribution in [3.63, 3.8) is 0 Å². The summed E-state index contributed by atoms with van der Waals surface area (Å²) in [4.78, 5) is 6.20. The first-order valence-corrected chi connectivity index (χ1v) is 10.4. The maximum Gasteiger partial charge on any atom is 0.257 e. The minimum absolute atomic E-state index is 0.552. The van der Waals surface area contributed by atoms with Crippen molar-refractivity contribution in [1.29, 1.82) is 0 Å². The van der Waals surface area contributed by atoms with Crippen LogP contribution in [0.25, 0.3) is 0 Å². The van der Waals surface area contributed by atoms with Gasteiger partial charge in [-0.15, -0.1) is 0 Å². The molecule has 0 fully saturated rings. The number of aromatic nitrogens is 1. The van der Waals surface area contributed by atoms with Crippen LogP contribution in [0, 0.1) is 0 Å². The van der Waals surface area contributed by atoms with E-state index in [1.165, 1.54) is 7.11 Å². The summed E-state index contributed by atoms with van der Waals surface area (Å²) in [6.07, 6.45) is 3.42. The summed E-state index contributed by atoms with van der Waals surface area (Å²) in [7, 11) is 2.17. The fraction of sp³-hybridized carbons (Fsp3) is 0.190. The lowest BCUT2D eigenvalue weighted by Gasteiger charge is -2.28. The zero-order valence-corrected chi connectivity index (χ0v) is 16.6. The number of anilines is 2. The van der Waals surface area contributed by atoms with E-state index in [0.717, 1.165) is 16.9 Å². The molecule has 140 valence electrons. The Hall–Kier alpha value is -2.62. The van der Waals surface area contributed by atoms with Crippen molar-refractivity contribution >= 4 is 24.0 Å². The third kappa shape index (κ3) is 4.21. The molecule has 0 aliphatic heterocycles. The van der Waals surface area contributed by atoms with Crippen LogP contribution < -0.4 is 15.5 Å². The van der Waals surface area contributed by atoms with E-state index < -0.39 is 13.2 Å². The molecule has 6 heteroatoms. The molecule has 0 bridgehead atoms. The van der Waals surface area contributed by atoms with Gasteiger partial charge in [-0.05, 0) is 42.5 Å². The first kappa shape index (κ1) is 19.2. The van der Waals surface area contributed by atoms with Gasteiger partial charge in [0, 0.05) is 55.8 Å². The van der Waals surface area contributed by atoms with Crippen molar-refractivity contribution in [3.8, 4) is 0 Å². The standard InChI is InChI=1S/C21H24N3O2P/c1-24(2)19-11-13-20(14-12-19)27(25,26-3)21(17-8-7-15-22-16-17)23-18-9-5-4-6-10-18/h4-16,21,23H,1-3H3. The third-order valence-corrected chi connectivity index (χ3v) is 7.08. The molecule has 3 aromatic rings. The molecular weight excluding hydrogens is 357 g/mol. The fourth-order valence-electron chi connectivity index (χ4n) is 2.91. The highest BCUT2D eigenvalue weighted by atomic mass is 31.2. The molecule has 27 heavy (non-hydrogen) atoms. The highest BCUT2D eigenvalue weighted by molar-refractivity contribution is 7.67. The Morgan fingerprint density at radius 1 is 1.00 bits per heavy atom. The number of nitrogens with one attached hydrogen (secondary N) is 1. The molecule has 0 saturated carbocycles. The van der Waals surface area contributed by atoms with E-state index in [4.69, 9.17) is 4.52 Å². The SMILES string of the molecule is COP(=O)(c1ccc(N(C)C)cc1)C(Nc1ccccc1)c1cccnc1. The van der Waals surface area contributed by atoms with E-state index in [-0.39, 0.29) is 0 Å². The van der Waals surface area contributed by atoms with Crippen LogP contribution in [0.4, 0.5) is 11.4 Å². The van der Waals surface area contributed by atoms with Crippen LogP contribution in [0.5, 0.6) is 0 Å². The lowest BCUT2D eigenvalue weighted by atomic mass is 10.2. The molecule has 1 heterocycles. The molecule has 5 nitrogen and oxygen atoms in total. The van der Waals surface area contributed by atoms with Crippen LogP contribution in [-0.2, 0) is 9.09 Å². The molecule has 1 aromatic heterocycles. The number of para-hydroxylation sites is 1. The Morgan fingerprint density at radius 2 is 1.70 bits per heavy atom. The largest absolute Gasteiger partial charge is 0.378 e. The lowest BCUT2D eigenvalue weighted by Crippen LogP contribution is -2.20. The van der Waals surface area contributed by atoms with Crippen molar-refractivity contribution in [2.75, 3.05) is 31.4 Å². The van der Waals surface area contributed by atoms with Gasteiger partial charge < -0.3 is 14.7 Å². The van der Waals surface area contributed by atoms with Gasteiger partial charge in [-0.25, -0.2) is 0 Å². The van der Waals surface area contributed by atoms with Gasteiger partial charge in [0.05, 0.1) is 0 Å². The summed E-state index contributed by atoms with van der Waals surface area (Å²) in [5.74, 6) is -0.552. The molecule has 2 atom stereocenters. The van der Waals surface area contributed by atoms with Gasteiger partial charge in [-0.1, -0.05) is 24.3 Å². The van der Waals surface area contributed by atoms with Gasteiger partial charge >= 0.3 is 0 Å². The van der Waals surface area contributed by atoms with E-state index in [1.807, 2.05) is 85.7 Å². The summed E-state index contributed by atoms with van der Waals surface area (Å²) in [6, 6.07) is 21.1. The molecule has 0 aliphatic carbocycles.